The zero-order chi connectivity index (χ0) is 22.2. The van der Waals surface area contributed by atoms with Crippen LogP contribution in [0.15, 0.2) is 127 Å². The summed E-state index contributed by atoms with van der Waals surface area (Å²) < 4.78 is 2.36. The van der Waals surface area contributed by atoms with Gasteiger partial charge in [0, 0.05) is 16.5 Å². The van der Waals surface area contributed by atoms with Crippen molar-refractivity contribution in [2.75, 3.05) is 0 Å². The fourth-order valence-electron chi connectivity index (χ4n) is 4.81. The highest BCUT2D eigenvalue weighted by Crippen LogP contribution is 2.35. The molecule has 0 spiro atoms. The summed E-state index contributed by atoms with van der Waals surface area (Å²) in [4.78, 5) is 0. The number of hydrogen-bond donors (Lipinski definition) is 0. The summed E-state index contributed by atoms with van der Waals surface area (Å²) in [6.45, 7) is 2.18. The van der Waals surface area contributed by atoms with Gasteiger partial charge in [0.1, 0.15) is 0 Å². The second-order valence-electron chi connectivity index (χ2n) is 8.74. The molecule has 0 aliphatic heterocycles. The van der Waals surface area contributed by atoms with Crippen molar-refractivity contribution in [1.29, 1.82) is 0 Å². The van der Waals surface area contributed by atoms with Crippen molar-refractivity contribution >= 4 is 27.4 Å². The predicted molar refractivity (Wildman–Crippen MR) is 142 cm³/mol. The number of aromatic nitrogens is 1. The van der Waals surface area contributed by atoms with Gasteiger partial charge in [-0.25, -0.2) is 0 Å². The van der Waals surface area contributed by atoms with Gasteiger partial charge < -0.3 is 4.57 Å². The molecule has 0 saturated heterocycles. The molecule has 33 heavy (non-hydrogen) atoms. The van der Waals surface area contributed by atoms with Crippen LogP contribution in [-0.4, -0.2) is 4.57 Å². The number of nitrogens with zero attached hydrogens (tertiary/aromatic N) is 1. The van der Waals surface area contributed by atoms with E-state index in [9.17, 15) is 0 Å². The molecule has 0 amide bonds. The van der Waals surface area contributed by atoms with Crippen LogP contribution in [0.25, 0.3) is 44.2 Å². The minimum Gasteiger partial charge on any atom is -0.309 e. The van der Waals surface area contributed by atoms with Crippen LogP contribution >= 0.6 is 0 Å². The first-order chi connectivity index (χ1) is 16.3. The largest absolute Gasteiger partial charge is 0.309 e. The SMILES string of the molecule is CC1=CC=C(c2cccc(-c3ccc4c(c3)c3ccccc3n4-c3ccccc3)c2)C=CC1. The maximum Gasteiger partial charge on any atom is 0.0541 e. The minimum absolute atomic E-state index is 1.02. The lowest BCUT2D eigenvalue weighted by atomic mass is 9.97. The summed E-state index contributed by atoms with van der Waals surface area (Å²) >= 11 is 0. The van der Waals surface area contributed by atoms with Gasteiger partial charge in [-0.3, -0.25) is 0 Å². The first-order valence-electron chi connectivity index (χ1n) is 11.5. The smallest absolute Gasteiger partial charge is 0.0541 e. The monoisotopic (exact) mass is 423 g/mol. The maximum atomic E-state index is 2.36. The molecular weight excluding hydrogens is 398 g/mol. The Morgan fingerprint density at radius 3 is 2.27 bits per heavy atom. The number of rotatable bonds is 3. The molecule has 0 atom stereocenters. The van der Waals surface area contributed by atoms with Gasteiger partial charge in [-0.1, -0.05) is 90.5 Å². The van der Waals surface area contributed by atoms with Gasteiger partial charge in [-0.15, -0.1) is 0 Å². The van der Waals surface area contributed by atoms with E-state index in [1.54, 1.807) is 0 Å². The van der Waals surface area contributed by atoms with E-state index in [0.717, 1.165) is 6.42 Å². The first-order valence-corrected chi connectivity index (χ1v) is 11.5. The van der Waals surface area contributed by atoms with Crippen LogP contribution in [0, 0.1) is 0 Å². The Kier molecular flexibility index (Phi) is 4.81. The summed E-state index contributed by atoms with van der Waals surface area (Å²) in [5, 5.41) is 2.56. The highest BCUT2D eigenvalue weighted by atomic mass is 15.0. The fraction of sp³-hybridized carbons (Fsp3) is 0.0625. The Bertz CT molecular complexity index is 1580. The van der Waals surface area contributed by atoms with E-state index in [1.165, 1.54) is 55.3 Å². The average Bonchev–Trinajstić information content (AvgIpc) is 3.04. The van der Waals surface area contributed by atoms with E-state index >= 15 is 0 Å². The van der Waals surface area contributed by atoms with Gasteiger partial charge in [-0.05, 0) is 72.0 Å². The number of para-hydroxylation sites is 2. The molecule has 5 aromatic rings. The van der Waals surface area contributed by atoms with Crippen LogP contribution < -0.4 is 0 Å². The van der Waals surface area contributed by atoms with E-state index in [2.05, 4.69) is 133 Å². The van der Waals surface area contributed by atoms with Crippen molar-refractivity contribution in [3.8, 4) is 16.8 Å². The Hall–Kier alpha value is -4.10. The van der Waals surface area contributed by atoms with Crippen molar-refractivity contribution in [2.45, 2.75) is 13.3 Å². The van der Waals surface area contributed by atoms with Crippen LogP contribution in [0.3, 0.4) is 0 Å². The Morgan fingerprint density at radius 2 is 1.36 bits per heavy atom. The number of hydrogen-bond acceptors (Lipinski definition) is 0. The molecule has 0 fully saturated rings. The van der Waals surface area contributed by atoms with Gasteiger partial charge in [-0.2, -0.15) is 0 Å². The Labute approximate surface area is 194 Å². The highest BCUT2D eigenvalue weighted by Gasteiger charge is 2.13. The van der Waals surface area contributed by atoms with Crippen LogP contribution in [-0.2, 0) is 0 Å². The molecule has 0 N–H and O–H groups in total. The lowest BCUT2D eigenvalue weighted by Crippen LogP contribution is -1.92. The third-order valence-electron chi connectivity index (χ3n) is 6.50. The third-order valence-corrected chi connectivity index (χ3v) is 6.50. The van der Waals surface area contributed by atoms with E-state index in [4.69, 9.17) is 0 Å². The standard InChI is InChI=1S/C32H25N/c1-23-9-7-10-24(18-17-23)25-11-8-12-26(21-25)27-19-20-32-30(22-27)29-15-5-6-16-31(29)33(32)28-13-3-2-4-14-28/h2-8,10-22H,9H2,1H3. The molecule has 1 nitrogen and oxygen atoms in total. The molecule has 1 aromatic heterocycles. The molecule has 158 valence electrons. The van der Waals surface area contributed by atoms with Crippen molar-refractivity contribution in [3.05, 3.63) is 133 Å². The topological polar surface area (TPSA) is 4.93 Å². The molecule has 1 aliphatic carbocycles. The zero-order valence-electron chi connectivity index (χ0n) is 18.7. The fourth-order valence-corrected chi connectivity index (χ4v) is 4.81. The molecule has 0 radical (unpaired) electrons. The first kappa shape index (κ1) is 19.6. The number of benzene rings is 4. The van der Waals surface area contributed by atoms with Crippen LogP contribution in [0.4, 0.5) is 0 Å². The predicted octanol–water partition coefficient (Wildman–Crippen LogP) is 8.74. The van der Waals surface area contributed by atoms with Crippen molar-refractivity contribution in [3.63, 3.8) is 0 Å². The second-order valence-corrected chi connectivity index (χ2v) is 8.74. The molecule has 6 rings (SSSR count). The van der Waals surface area contributed by atoms with Gasteiger partial charge in [0.2, 0.25) is 0 Å². The Morgan fingerprint density at radius 1 is 0.606 bits per heavy atom. The van der Waals surface area contributed by atoms with Gasteiger partial charge in [0.05, 0.1) is 11.0 Å². The molecule has 1 heterocycles. The van der Waals surface area contributed by atoms with Gasteiger partial charge in [0.15, 0.2) is 0 Å². The van der Waals surface area contributed by atoms with Crippen LogP contribution in [0.1, 0.15) is 18.9 Å². The molecule has 1 aliphatic rings. The highest BCUT2D eigenvalue weighted by molar-refractivity contribution is 6.10. The molecular formula is C32H25N. The molecule has 4 aromatic carbocycles. The van der Waals surface area contributed by atoms with Gasteiger partial charge in [0.25, 0.3) is 0 Å². The molecule has 0 unspecified atom stereocenters. The summed E-state index contributed by atoms with van der Waals surface area (Å²) in [7, 11) is 0. The quantitative estimate of drug-likeness (QED) is 0.273. The normalized spacial score (nSPS) is 13.7. The van der Waals surface area contributed by atoms with Crippen molar-refractivity contribution < 1.29 is 0 Å². The molecule has 0 saturated carbocycles. The minimum atomic E-state index is 1.02. The lowest BCUT2D eigenvalue weighted by Gasteiger charge is -2.09. The summed E-state index contributed by atoms with van der Waals surface area (Å²) in [5.41, 5.74) is 10.0. The summed E-state index contributed by atoms with van der Waals surface area (Å²) in [6.07, 6.45) is 9.97. The van der Waals surface area contributed by atoms with E-state index in [1.807, 2.05) is 0 Å². The van der Waals surface area contributed by atoms with Crippen molar-refractivity contribution in [1.82, 2.24) is 4.57 Å². The van der Waals surface area contributed by atoms with E-state index < -0.39 is 0 Å². The Balaban J connectivity index is 1.51. The summed E-state index contributed by atoms with van der Waals surface area (Å²) in [6, 6.07) is 35.1. The number of fused-ring (bicyclic) bond motifs is 3. The van der Waals surface area contributed by atoms with Gasteiger partial charge >= 0.3 is 0 Å². The second kappa shape index (κ2) is 8.11. The molecule has 0 bridgehead atoms. The van der Waals surface area contributed by atoms with Crippen molar-refractivity contribution in [2.24, 2.45) is 0 Å². The van der Waals surface area contributed by atoms with Crippen LogP contribution in [0.2, 0.25) is 0 Å². The lowest BCUT2D eigenvalue weighted by molar-refractivity contribution is 1.18. The maximum absolute atomic E-state index is 2.36. The average molecular weight is 424 g/mol. The third kappa shape index (κ3) is 3.52. The number of allylic oxidation sites excluding steroid dienone is 6. The zero-order valence-corrected chi connectivity index (χ0v) is 18.7. The van der Waals surface area contributed by atoms with Crippen LogP contribution in [0.5, 0.6) is 0 Å². The summed E-state index contributed by atoms with van der Waals surface area (Å²) in [5.74, 6) is 0. The molecule has 1 heteroatoms. The van der Waals surface area contributed by atoms with E-state index in [-0.39, 0.29) is 0 Å². The van der Waals surface area contributed by atoms with E-state index in [0.29, 0.717) is 0 Å².